The van der Waals surface area contributed by atoms with Crippen molar-refractivity contribution < 1.29 is 0 Å². The second-order valence-electron chi connectivity index (χ2n) is 4.33. The third kappa shape index (κ3) is 2.42. The first kappa shape index (κ1) is 12.4. The average molecular weight is 360 g/mol. The Labute approximate surface area is 126 Å². The first-order chi connectivity index (χ1) is 9.28. The van der Waals surface area contributed by atoms with E-state index < -0.39 is 0 Å². The van der Waals surface area contributed by atoms with Crippen molar-refractivity contribution in [1.29, 1.82) is 0 Å². The van der Waals surface area contributed by atoms with Crippen LogP contribution in [-0.2, 0) is 0 Å². The van der Waals surface area contributed by atoms with Crippen molar-refractivity contribution in [2.45, 2.75) is 0 Å². The number of rotatable bonds is 2. The minimum Gasteiger partial charge on any atom is -0.388 e. The quantitative estimate of drug-likeness (QED) is 0.679. The molecule has 0 spiro atoms. The number of benzene rings is 2. The van der Waals surface area contributed by atoms with Gasteiger partial charge >= 0.3 is 0 Å². The summed E-state index contributed by atoms with van der Waals surface area (Å²) >= 11 is 2.33. The maximum Gasteiger partial charge on any atom is 0.0731 e. The maximum absolute atomic E-state index is 4.75. The van der Waals surface area contributed by atoms with Crippen molar-refractivity contribution in [3.8, 4) is 11.3 Å². The number of aromatic nitrogens is 1. The van der Waals surface area contributed by atoms with E-state index >= 15 is 0 Å². The first-order valence-corrected chi connectivity index (χ1v) is 7.19. The van der Waals surface area contributed by atoms with E-state index in [1.807, 2.05) is 25.2 Å². The second kappa shape index (κ2) is 5.17. The van der Waals surface area contributed by atoms with Crippen molar-refractivity contribution >= 4 is 39.2 Å². The molecule has 3 rings (SSSR count). The predicted molar refractivity (Wildman–Crippen MR) is 89.4 cm³/mol. The molecular formula is C16H13IN2. The Kier molecular flexibility index (Phi) is 3.38. The summed E-state index contributed by atoms with van der Waals surface area (Å²) in [6.45, 7) is 0. The number of nitrogens with one attached hydrogen (secondary N) is 1. The van der Waals surface area contributed by atoms with E-state index in [0.29, 0.717) is 0 Å². The van der Waals surface area contributed by atoms with Crippen LogP contribution >= 0.6 is 22.6 Å². The van der Waals surface area contributed by atoms with Gasteiger partial charge in [0.1, 0.15) is 0 Å². The van der Waals surface area contributed by atoms with E-state index in [2.05, 4.69) is 64.3 Å². The zero-order chi connectivity index (χ0) is 13.2. The molecule has 0 bridgehead atoms. The zero-order valence-corrected chi connectivity index (χ0v) is 12.7. The summed E-state index contributed by atoms with van der Waals surface area (Å²) < 4.78 is 1.22. The molecule has 0 aliphatic heterocycles. The van der Waals surface area contributed by atoms with Gasteiger partial charge < -0.3 is 5.32 Å². The van der Waals surface area contributed by atoms with E-state index in [0.717, 1.165) is 27.8 Å². The molecule has 3 aromatic rings. The zero-order valence-electron chi connectivity index (χ0n) is 10.5. The lowest BCUT2D eigenvalue weighted by atomic mass is 10.1. The monoisotopic (exact) mass is 360 g/mol. The summed E-state index contributed by atoms with van der Waals surface area (Å²) in [7, 11) is 1.95. The molecule has 0 fully saturated rings. The van der Waals surface area contributed by atoms with Gasteiger partial charge in [0.15, 0.2) is 0 Å². The highest BCUT2D eigenvalue weighted by atomic mass is 127. The van der Waals surface area contributed by atoms with Crippen LogP contribution in [0.2, 0.25) is 0 Å². The minimum absolute atomic E-state index is 0.999. The fourth-order valence-electron chi connectivity index (χ4n) is 2.16. The summed E-state index contributed by atoms with van der Waals surface area (Å²) in [5.74, 6) is 0. The number of nitrogens with zero attached hydrogens (tertiary/aromatic N) is 1. The number of hydrogen-bond acceptors (Lipinski definition) is 2. The number of halogens is 1. The fraction of sp³-hybridized carbons (Fsp3) is 0.0625. The highest BCUT2D eigenvalue weighted by molar-refractivity contribution is 14.1. The lowest BCUT2D eigenvalue weighted by molar-refractivity contribution is 1.38. The number of anilines is 1. The number of pyridine rings is 1. The molecule has 1 aromatic heterocycles. The molecule has 1 N–H and O–H groups in total. The Balaban J connectivity index is 2.26. The summed E-state index contributed by atoms with van der Waals surface area (Å²) in [6.07, 6.45) is 0. The smallest absolute Gasteiger partial charge is 0.0731 e. The van der Waals surface area contributed by atoms with Gasteiger partial charge in [-0.1, -0.05) is 30.3 Å². The van der Waals surface area contributed by atoms with E-state index in [4.69, 9.17) is 4.98 Å². The normalized spacial score (nSPS) is 10.6. The van der Waals surface area contributed by atoms with E-state index in [1.165, 1.54) is 3.57 Å². The predicted octanol–water partition coefficient (Wildman–Crippen LogP) is 4.55. The van der Waals surface area contributed by atoms with Crippen molar-refractivity contribution in [2.75, 3.05) is 12.4 Å². The van der Waals surface area contributed by atoms with Crippen molar-refractivity contribution in [2.24, 2.45) is 0 Å². The third-order valence-electron chi connectivity index (χ3n) is 3.11. The molecule has 0 saturated heterocycles. The van der Waals surface area contributed by atoms with Crippen LogP contribution in [0.25, 0.3) is 22.2 Å². The highest BCUT2D eigenvalue weighted by Crippen LogP contribution is 2.29. The maximum atomic E-state index is 4.75. The number of fused-ring (bicyclic) bond motifs is 1. The third-order valence-corrected chi connectivity index (χ3v) is 3.78. The SMILES string of the molecule is CNc1cc(-c2ccccc2)nc2ccc(I)cc12. The van der Waals surface area contributed by atoms with Crippen molar-refractivity contribution in [3.05, 3.63) is 58.2 Å². The molecular weight excluding hydrogens is 347 g/mol. The Bertz CT molecular complexity index is 723. The van der Waals surface area contributed by atoms with Gasteiger partial charge in [0.25, 0.3) is 0 Å². The Morgan fingerprint density at radius 3 is 2.53 bits per heavy atom. The second-order valence-corrected chi connectivity index (χ2v) is 5.58. The standard InChI is InChI=1S/C16H13IN2/c1-18-16-10-15(11-5-3-2-4-6-11)19-14-8-7-12(17)9-13(14)16/h2-10H,1H3,(H,18,19). The Morgan fingerprint density at radius 2 is 1.79 bits per heavy atom. The van der Waals surface area contributed by atoms with Crippen LogP contribution in [0.3, 0.4) is 0 Å². The van der Waals surface area contributed by atoms with E-state index in [-0.39, 0.29) is 0 Å². The van der Waals surface area contributed by atoms with Gasteiger partial charge in [0.2, 0.25) is 0 Å². The minimum atomic E-state index is 0.999. The van der Waals surface area contributed by atoms with E-state index in [1.54, 1.807) is 0 Å². The van der Waals surface area contributed by atoms with E-state index in [9.17, 15) is 0 Å². The lowest BCUT2D eigenvalue weighted by Crippen LogP contribution is -1.94. The number of hydrogen-bond donors (Lipinski definition) is 1. The summed E-state index contributed by atoms with van der Waals surface area (Å²) in [5.41, 5.74) is 4.27. The van der Waals surface area contributed by atoms with Crippen LogP contribution in [0.15, 0.2) is 54.6 Å². The van der Waals surface area contributed by atoms with Crippen LogP contribution < -0.4 is 5.32 Å². The van der Waals surface area contributed by atoms with Gasteiger partial charge in [-0.2, -0.15) is 0 Å². The molecule has 3 heteroatoms. The molecule has 19 heavy (non-hydrogen) atoms. The average Bonchev–Trinajstić information content (AvgIpc) is 2.47. The van der Waals surface area contributed by atoms with Gasteiger partial charge in [-0.05, 0) is 46.9 Å². The van der Waals surface area contributed by atoms with Crippen LogP contribution in [0.1, 0.15) is 0 Å². The van der Waals surface area contributed by atoms with Gasteiger partial charge in [-0.3, -0.25) is 0 Å². The highest BCUT2D eigenvalue weighted by Gasteiger charge is 2.06. The summed E-state index contributed by atoms with van der Waals surface area (Å²) in [4.78, 5) is 4.75. The molecule has 2 nitrogen and oxygen atoms in total. The first-order valence-electron chi connectivity index (χ1n) is 6.11. The molecule has 0 amide bonds. The summed E-state index contributed by atoms with van der Waals surface area (Å²) in [5, 5.41) is 4.43. The van der Waals surface area contributed by atoms with Gasteiger partial charge in [-0.25, -0.2) is 4.98 Å². The lowest BCUT2D eigenvalue weighted by Gasteiger charge is -2.09. The molecule has 2 aromatic carbocycles. The molecule has 94 valence electrons. The van der Waals surface area contributed by atoms with Crippen LogP contribution in [-0.4, -0.2) is 12.0 Å². The Hall–Kier alpha value is -1.62. The fourth-order valence-corrected chi connectivity index (χ4v) is 2.65. The molecule has 0 radical (unpaired) electrons. The molecule has 0 atom stereocenters. The summed E-state index contributed by atoms with van der Waals surface area (Å²) in [6, 6.07) is 18.7. The van der Waals surface area contributed by atoms with Crippen molar-refractivity contribution in [1.82, 2.24) is 4.98 Å². The van der Waals surface area contributed by atoms with Crippen LogP contribution in [0.5, 0.6) is 0 Å². The van der Waals surface area contributed by atoms with Crippen molar-refractivity contribution in [3.63, 3.8) is 0 Å². The largest absolute Gasteiger partial charge is 0.388 e. The Morgan fingerprint density at radius 1 is 1.00 bits per heavy atom. The van der Waals surface area contributed by atoms with Gasteiger partial charge in [0, 0.05) is 27.3 Å². The van der Waals surface area contributed by atoms with Gasteiger partial charge in [-0.15, -0.1) is 0 Å². The van der Waals surface area contributed by atoms with Crippen LogP contribution in [0, 0.1) is 3.57 Å². The molecule has 0 unspecified atom stereocenters. The molecule has 0 saturated carbocycles. The molecule has 0 aliphatic rings. The van der Waals surface area contributed by atoms with Gasteiger partial charge in [0.05, 0.1) is 11.2 Å². The van der Waals surface area contributed by atoms with Crippen LogP contribution in [0.4, 0.5) is 5.69 Å². The topological polar surface area (TPSA) is 24.9 Å². The molecule has 1 heterocycles. The molecule has 0 aliphatic carbocycles.